The molecule has 15 heavy (non-hydrogen) atoms. The zero-order valence-electron chi connectivity index (χ0n) is 8.82. The summed E-state index contributed by atoms with van der Waals surface area (Å²) in [4.78, 5) is 13.7. The van der Waals surface area contributed by atoms with E-state index in [1.165, 1.54) is 0 Å². The summed E-state index contributed by atoms with van der Waals surface area (Å²) in [6.45, 7) is 13.7. The van der Waals surface area contributed by atoms with Gasteiger partial charge in [0.15, 0.2) is 0 Å². The molecule has 0 unspecified atom stereocenters. The SMILES string of the molecule is [C-]#[N+]C(=C)C(=O)OCCOCCOCC. The van der Waals surface area contributed by atoms with E-state index in [-0.39, 0.29) is 12.3 Å². The number of nitrogens with zero attached hydrogens (tertiary/aromatic N) is 1. The molecule has 0 aromatic rings. The van der Waals surface area contributed by atoms with Gasteiger partial charge in [0.2, 0.25) is 0 Å². The molecule has 0 aliphatic carbocycles. The first-order chi connectivity index (χ1) is 7.22. The van der Waals surface area contributed by atoms with Crippen LogP contribution in [0.15, 0.2) is 12.3 Å². The van der Waals surface area contributed by atoms with Gasteiger partial charge < -0.3 is 14.2 Å². The van der Waals surface area contributed by atoms with Crippen molar-refractivity contribution in [1.82, 2.24) is 0 Å². The fourth-order valence-electron chi connectivity index (χ4n) is 0.686. The van der Waals surface area contributed by atoms with Crippen LogP contribution in [-0.2, 0) is 19.0 Å². The molecule has 0 saturated carbocycles. The summed E-state index contributed by atoms with van der Waals surface area (Å²) in [6.07, 6.45) is 0. The van der Waals surface area contributed by atoms with Crippen molar-refractivity contribution in [2.45, 2.75) is 6.92 Å². The molecule has 0 aliphatic heterocycles. The molecule has 0 bridgehead atoms. The van der Waals surface area contributed by atoms with E-state index in [0.717, 1.165) is 0 Å². The molecule has 0 radical (unpaired) electrons. The third-order valence-corrected chi connectivity index (χ3v) is 1.41. The number of rotatable bonds is 8. The lowest BCUT2D eigenvalue weighted by Crippen LogP contribution is -2.13. The number of carbonyl (C=O) groups excluding carboxylic acids is 1. The minimum Gasteiger partial charge on any atom is -0.468 e. The van der Waals surface area contributed by atoms with Crippen molar-refractivity contribution < 1.29 is 19.0 Å². The van der Waals surface area contributed by atoms with E-state index >= 15 is 0 Å². The molecule has 0 heterocycles. The Labute approximate surface area is 89.4 Å². The summed E-state index contributed by atoms with van der Waals surface area (Å²) in [5, 5.41) is 0. The van der Waals surface area contributed by atoms with Gasteiger partial charge >= 0.3 is 5.97 Å². The zero-order chi connectivity index (χ0) is 11.5. The Balaban J connectivity index is 3.28. The van der Waals surface area contributed by atoms with Gasteiger partial charge in [0.25, 0.3) is 5.70 Å². The number of hydrogen-bond acceptors (Lipinski definition) is 4. The largest absolute Gasteiger partial charge is 0.468 e. The predicted molar refractivity (Wildman–Crippen MR) is 54.0 cm³/mol. The maximum Gasteiger partial charge on any atom is 0.335 e. The highest BCUT2D eigenvalue weighted by Gasteiger charge is 2.06. The van der Waals surface area contributed by atoms with Crippen molar-refractivity contribution in [3.8, 4) is 0 Å². The summed E-state index contributed by atoms with van der Waals surface area (Å²) < 4.78 is 14.8. The average molecular weight is 213 g/mol. The fraction of sp³-hybridized carbons (Fsp3) is 0.600. The average Bonchev–Trinajstić information content (AvgIpc) is 2.26. The van der Waals surface area contributed by atoms with Gasteiger partial charge in [-0.15, -0.1) is 0 Å². The minimum absolute atomic E-state index is 0.125. The van der Waals surface area contributed by atoms with E-state index < -0.39 is 5.97 Å². The molecule has 0 saturated heterocycles. The van der Waals surface area contributed by atoms with Crippen LogP contribution in [0.2, 0.25) is 0 Å². The lowest BCUT2D eigenvalue weighted by molar-refractivity contribution is -0.140. The molecule has 84 valence electrons. The van der Waals surface area contributed by atoms with Crippen LogP contribution in [0.4, 0.5) is 0 Å². The van der Waals surface area contributed by atoms with Crippen molar-refractivity contribution in [1.29, 1.82) is 0 Å². The van der Waals surface area contributed by atoms with E-state index in [4.69, 9.17) is 16.0 Å². The van der Waals surface area contributed by atoms with E-state index in [2.05, 4.69) is 16.2 Å². The Morgan fingerprint density at radius 1 is 1.27 bits per heavy atom. The molecule has 0 amide bonds. The van der Waals surface area contributed by atoms with Gasteiger partial charge in [-0.05, 0) is 6.92 Å². The van der Waals surface area contributed by atoms with Gasteiger partial charge in [0, 0.05) is 6.61 Å². The van der Waals surface area contributed by atoms with Gasteiger partial charge in [-0.25, -0.2) is 4.85 Å². The molecule has 0 aliphatic rings. The quantitative estimate of drug-likeness (QED) is 0.261. The lowest BCUT2D eigenvalue weighted by atomic mass is 10.5. The van der Waals surface area contributed by atoms with E-state index in [1.807, 2.05) is 6.92 Å². The number of esters is 1. The molecule has 0 aromatic heterocycles. The summed E-state index contributed by atoms with van der Waals surface area (Å²) in [7, 11) is 0. The number of carbonyl (C=O) groups is 1. The summed E-state index contributed by atoms with van der Waals surface area (Å²) in [6, 6.07) is 0. The van der Waals surface area contributed by atoms with Gasteiger partial charge in [-0.1, -0.05) is 6.58 Å². The molecular formula is C10H15NO4. The fourth-order valence-corrected chi connectivity index (χ4v) is 0.686. The first-order valence-corrected chi connectivity index (χ1v) is 4.61. The minimum atomic E-state index is -0.696. The van der Waals surface area contributed by atoms with Crippen LogP contribution >= 0.6 is 0 Å². The molecule has 0 atom stereocenters. The molecule has 0 aromatic carbocycles. The molecule has 0 spiro atoms. The first kappa shape index (κ1) is 13.6. The Kier molecular flexibility index (Phi) is 8.34. The Hall–Kier alpha value is -1.38. The van der Waals surface area contributed by atoms with Gasteiger partial charge in [-0.2, -0.15) is 0 Å². The normalized spacial score (nSPS) is 9.33. The second-order valence-electron chi connectivity index (χ2n) is 2.50. The van der Waals surface area contributed by atoms with Crippen LogP contribution in [0.25, 0.3) is 4.85 Å². The van der Waals surface area contributed by atoms with Crippen LogP contribution in [0.1, 0.15) is 6.92 Å². The van der Waals surface area contributed by atoms with E-state index in [1.54, 1.807) is 0 Å². The zero-order valence-corrected chi connectivity index (χ0v) is 8.82. The van der Waals surface area contributed by atoms with Crippen LogP contribution < -0.4 is 0 Å². The second-order valence-corrected chi connectivity index (χ2v) is 2.50. The Morgan fingerprint density at radius 3 is 2.47 bits per heavy atom. The lowest BCUT2D eigenvalue weighted by Gasteiger charge is -2.05. The highest BCUT2D eigenvalue weighted by Crippen LogP contribution is 1.95. The molecule has 0 fully saturated rings. The molecule has 0 rings (SSSR count). The number of ether oxygens (including phenoxy) is 3. The Morgan fingerprint density at radius 2 is 1.87 bits per heavy atom. The van der Waals surface area contributed by atoms with Crippen LogP contribution in [0, 0.1) is 6.57 Å². The van der Waals surface area contributed by atoms with Crippen molar-refractivity contribution >= 4 is 5.97 Å². The third-order valence-electron chi connectivity index (χ3n) is 1.41. The van der Waals surface area contributed by atoms with Gasteiger partial charge in [0.1, 0.15) is 6.61 Å². The van der Waals surface area contributed by atoms with Crippen molar-refractivity contribution in [2.75, 3.05) is 33.0 Å². The maximum atomic E-state index is 10.9. The van der Waals surface area contributed by atoms with E-state index in [0.29, 0.717) is 26.4 Å². The predicted octanol–water partition coefficient (Wildman–Crippen LogP) is 1.02. The van der Waals surface area contributed by atoms with Gasteiger partial charge in [-0.3, -0.25) is 4.79 Å². The number of hydrogen-bond donors (Lipinski definition) is 0. The van der Waals surface area contributed by atoms with Crippen LogP contribution in [0.3, 0.4) is 0 Å². The van der Waals surface area contributed by atoms with Crippen LogP contribution in [-0.4, -0.2) is 39.0 Å². The molecule has 0 N–H and O–H groups in total. The van der Waals surface area contributed by atoms with Crippen molar-refractivity contribution in [3.63, 3.8) is 0 Å². The Bertz CT molecular complexity index is 244. The second kappa shape index (κ2) is 9.19. The highest BCUT2D eigenvalue weighted by atomic mass is 16.6. The highest BCUT2D eigenvalue weighted by molar-refractivity contribution is 5.89. The first-order valence-electron chi connectivity index (χ1n) is 4.61. The third kappa shape index (κ3) is 7.67. The smallest absolute Gasteiger partial charge is 0.335 e. The van der Waals surface area contributed by atoms with E-state index in [9.17, 15) is 4.79 Å². The maximum absolute atomic E-state index is 10.9. The van der Waals surface area contributed by atoms with Gasteiger partial charge in [0.05, 0.1) is 26.4 Å². The monoisotopic (exact) mass is 213 g/mol. The van der Waals surface area contributed by atoms with Crippen molar-refractivity contribution in [2.24, 2.45) is 0 Å². The molecule has 5 nitrogen and oxygen atoms in total. The van der Waals surface area contributed by atoms with Crippen LogP contribution in [0.5, 0.6) is 0 Å². The summed E-state index contributed by atoms with van der Waals surface area (Å²) in [5.74, 6) is -0.696. The standard InChI is InChI=1S/C10H15NO4/c1-4-13-5-6-14-7-8-15-10(12)9(2)11-3/h2,4-8H2,1H3. The topological polar surface area (TPSA) is 49.1 Å². The molecular weight excluding hydrogens is 198 g/mol. The summed E-state index contributed by atoms with van der Waals surface area (Å²) in [5.41, 5.74) is -0.218. The van der Waals surface area contributed by atoms with Crippen molar-refractivity contribution in [3.05, 3.63) is 23.7 Å². The summed E-state index contributed by atoms with van der Waals surface area (Å²) >= 11 is 0. The molecule has 5 heteroatoms.